The van der Waals surface area contributed by atoms with E-state index in [-0.39, 0.29) is 30.6 Å². The van der Waals surface area contributed by atoms with Crippen LogP contribution >= 0.6 is 0 Å². The van der Waals surface area contributed by atoms with Gasteiger partial charge in [-0.1, -0.05) is 80.6 Å². The number of benzene rings is 3. The number of aromatic hydroxyl groups is 1. The molecule has 0 bridgehead atoms. The fourth-order valence-corrected chi connectivity index (χ4v) is 5.91. The van der Waals surface area contributed by atoms with Gasteiger partial charge in [0.15, 0.2) is 0 Å². The number of phenolic OH excluding ortho intramolecular Hbond substituents is 1. The van der Waals surface area contributed by atoms with Crippen LogP contribution in [-0.2, 0) is 43.1 Å². The fraction of sp³-hybridized carbons (Fsp3) is 0.463. The van der Waals surface area contributed by atoms with E-state index >= 15 is 0 Å². The van der Waals surface area contributed by atoms with Crippen LogP contribution in [0.1, 0.15) is 90.1 Å². The minimum atomic E-state index is -1.14. The number of ether oxygens (including phenoxy) is 2. The van der Waals surface area contributed by atoms with Gasteiger partial charge in [-0.25, -0.2) is 9.59 Å². The smallest absolute Gasteiger partial charge is 0.408 e. The quantitative estimate of drug-likeness (QED) is 0.175. The molecule has 0 saturated heterocycles. The molecular weight excluding hydrogens is 646 g/mol. The summed E-state index contributed by atoms with van der Waals surface area (Å²) < 4.78 is 11.3. The first-order valence-electron chi connectivity index (χ1n) is 17.7. The molecule has 51 heavy (non-hydrogen) atoms. The van der Waals surface area contributed by atoms with Crippen molar-refractivity contribution in [2.24, 2.45) is 5.92 Å². The molecule has 5 unspecified atom stereocenters. The van der Waals surface area contributed by atoms with Crippen LogP contribution in [0.4, 0.5) is 4.79 Å². The zero-order valence-electron chi connectivity index (χ0n) is 31.1. The van der Waals surface area contributed by atoms with Gasteiger partial charge in [0.05, 0.1) is 0 Å². The molecule has 1 aliphatic rings. The molecule has 1 saturated carbocycles. The third-order valence-corrected chi connectivity index (χ3v) is 8.56. The number of carbonyl (C=O) groups excluding carboxylic acids is 4. The predicted molar refractivity (Wildman–Crippen MR) is 196 cm³/mol. The first-order chi connectivity index (χ1) is 23.9. The standard InChI is InChI=1S/C41H53N3O7/c1-9-27-15-19-30(20-16-27)35(36(46)42-33(38(48)50-40(3,4)5)25-28-13-11-10-12-14-28)44(34-23-26(34)2)37(47)32(43-39(49)51-41(6,7)8)24-29-17-21-31(45)22-18-29/h10-22,26,32-35,45H,9,23-25H2,1-8H3,(H,42,46)(H,43,49). The Hall–Kier alpha value is -4.86. The average molecular weight is 700 g/mol. The molecular formula is C41H53N3O7. The summed E-state index contributed by atoms with van der Waals surface area (Å²) in [5.41, 5.74) is 1.53. The topological polar surface area (TPSA) is 134 Å². The van der Waals surface area contributed by atoms with Crippen molar-refractivity contribution in [1.82, 2.24) is 15.5 Å². The third-order valence-electron chi connectivity index (χ3n) is 8.56. The number of alkyl carbamates (subject to hydrolysis) is 1. The summed E-state index contributed by atoms with van der Waals surface area (Å²) in [6.45, 7) is 14.6. The van der Waals surface area contributed by atoms with E-state index in [1.807, 2.05) is 68.4 Å². The molecule has 3 aromatic rings. The van der Waals surface area contributed by atoms with Crippen molar-refractivity contribution in [2.75, 3.05) is 0 Å². The monoisotopic (exact) mass is 699 g/mol. The summed E-state index contributed by atoms with van der Waals surface area (Å²) in [6.07, 6.45) is 0.921. The Morgan fingerprint density at radius 2 is 1.29 bits per heavy atom. The van der Waals surface area contributed by atoms with E-state index in [0.717, 1.165) is 17.5 Å². The molecule has 1 fully saturated rings. The maximum atomic E-state index is 14.9. The summed E-state index contributed by atoms with van der Waals surface area (Å²) in [7, 11) is 0. The number of carbonyl (C=O) groups is 4. The van der Waals surface area contributed by atoms with E-state index in [1.165, 1.54) is 12.1 Å². The van der Waals surface area contributed by atoms with Crippen LogP contribution in [0.25, 0.3) is 0 Å². The van der Waals surface area contributed by atoms with Crippen molar-refractivity contribution in [3.8, 4) is 5.75 Å². The number of esters is 1. The van der Waals surface area contributed by atoms with Gasteiger partial charge in [-0.05, 0) is 94.7 Å². The van der Waals surface area contributed by atoms with Crippen LogP contribution in [0.15, 0.2) is 78.9 Å². The van der Waals surface area contributed by atoms with E-state index in [0.29, 0.717) is 17.5 Å². The molecule has 0 aromatic heterocycles. The summed E-state index contributed by atoms with van der Waals surface area (Å²) in [6, 6.07) is 19.7. The van der Waals surface area contributed by atoms with Crippen LogP contribution in [0.3, 0.4) is 0 Å². The normalized spacial score (nSPS) is 17.3. The van der Waals surface area contributed by atoms with E-state index in [4.69, 9.17) is 9.47 Å². The lowest BCUT2D eigenvalue weighted by Crippen LogP contribution is -2.56. The average Bonchev–Trinajstić information content (AvgIpc) is 3.77. The van der Waals surface area contributed by atoms with Gasteiger partial charge in [0.2, 0.25) is 11.8 Å². The molecule has 4 rings (SSSR count). The lowest BCUT2D eigenvalue weighted by molar-refractivity contribution is -0.159. The summed E-state index contributed by atoms with van der Waals surface area (Å²) in [4.78, 5) is 58.0. The van der Waals surface area contributed by atoms with Gasteiger partial charge in [-0.3, -0.25) is 9.59 Å². The number of hydrogen-bond donors (Lipinski definition) is 3. The van der Waals surface area contributed by atoms with Crippen molar-refractivity contribution in [2.45, 2.75) is 116 Å². The molecule has 10 nitrogen and oxygen atoms in total. The number of nitrogens with one attached hydrogen (secondary N) is 2. The highest BCUT2D eigenvalue weighted by Gasteiger charge is 2.48. The van der Waals surface area contributed by atoms with Gasteiger partial charge in [0.25, 0.3) is 0 Å². The second kappa shape index (κ2) is 16.4. The maximum absolute atomic E-state index is 14.9. The van der Waals surface area contributed by atoms with Crippen LogP contribution < -0.4 is 10.6 Å². The van der Waals surface area contributed by atoms with E-state index < -0.39 is 53.2 Å². The lowest BCUT2D eigenvalue weighted by atomic mass is 9.97. The molecule has 5 atom stereocenters. The minimum Gasteiger partial charge on any atom is -0.508 e. The molecule has 10 heteroatoms. The van der Waals surface area contributed by atoms with Crippen LogP contribution in [-0.4, -0.2) is 63.2 Å². The number of hydrogen-bond acceptors (Lipinski definition) is 7. The van der Waals surface area contributed by atoms with Crippen molar-refractivity contribution < 1.29 is 33.8 Å². The number of phenols is 1. The van der Waals surface area contributed by atoms with Gasteiger partial charge in [0, 0.05) is 18.9 Å². The SMILES string of the molecule is CCc1ccc(C(C(=O)NC(Cc2ccccc2)C(=O)OC(C)(C)C)N(C(=O)C(Cc2ccc(O)cc2)NC(=O)OC(C)(C)C)C2CC2C)cc1. The van der Waals surface area contributed by atoms with Crippen LogP contribution in [0.5, 0.6) is 5.75 Å². The molecule has 3 N–H and O–H groups in total. The Kier molecular flexibility index (Phi) is 12.6. The summed E-state index contributed by atoms with van der Waals surface area (Å²) in [5.74, 6) is -1.45. The molecule has 0 aliphatic heterocycles. The van der Waals surface area contributed by atoms with Gasteiger partial charge >= 0.3 is 12.1 Å². The third kappa shape index (κ3) is 11.6. The molecule has 3 aromatic carbocycles. The Labute approximate surface area is 301 Å². The molecule has 0 spiro atoms. The second-order valence-corrected chi connectivity index (χ2v) is 15.4. The zero-order valence-corrected chi connectivity index (χ0v) is 31.1. The van der Waals surface area contributed by atoms with Gasteiger partial charge in [-0.2, -0.15) is 0 Å². The largest absolute Gasteiger partial charge is 0.508 e. The Morgan fingerprint density at radius 3 is 1.82 bits per heavy atom. The number of rotatable bonds is 13. The summed E-state index contributed by atoms with van der Waals surface area (Å²) in [5, 5.41) is 15.6. The van der Waals surface area contributed by atoms with Crippen LogP contribution in [0.2, 0.25) is 0 Å². The Bertz CT molecular complexity index is 1640. The van der Waals surface area contributed by atoms with E-state index in [1.54, 1.807) is 58.6 Å². The predicted octanol–water partition coefficient (Wildman–Crippen LogP) is 6.44. The number of aryl methyl sites for hydroxylation is 1. The Balaban J connectivity index is 1.78. The van der Waals surface area contributed by atoms with Crippen molar-refractivity contribution in [3.05, 3.63) is 101 Å². The zero-order chi connectivity index (χ0) is 37.5. The Morgan fingerprint density at radius 1 is 0.765 bits per heavy atom. The van der Waals surface area contributed by atoms with Gasteiger partial charge in [0.1, 0.15) is 35.1 Å². The van der Waals surface area contributed by atoms with Crippen molar-refractivity contribution in [1.29, 1.82) is 0 Å². The lowest BCUT2D eigenvalue weighted by Gasteiger charge is -2.36. The highest BCUT2D eigenvalue weighted by atomic mass is 16.6. The molecule has 1 aliphatic carbocycles. The maximum Gasteiger partial charge on any atom is 0.408 e. The second-order valence-electron chi connectivity index (χ2n) is 15.4. The van der Waals surface area contributed by atoms with E-state index in [2.05, 4.69) is 10.6 Å². The highest BCUT2D eigenvalue weighted by molar-refractivity contribution is 5.94. The first kappa shape index (κ1) is 38.9. The highest BCUT2D eigenvalue weighted by Crippen LogP contribution is 2.41. The number of amides is 3. The molecule has 0 radical (unpaired) electrons. The molecule has 0 heterocycles. The van der Waals surface area contributed by atoms with Gasteiger partial charge in [-0.15, -0.1) is 0 Å². The van der Waals surface area contributed by atoms with Crippen molar-refractivity contribution in [3.63, 3.8) is 0 Å². The fourth-order valence-electron chi connectivity index (χ4n) is 5.91. The number of nitrogens with zero attached hydrogens (tertiary/aromatic N) is 1. The molecule has 274 valence electrons. The van der Waals surface area contributed by atoms with Crippen molar-refractivity contribution >= 4 is 23.9 Å². The van der Waals surface area contributed by atoms with E-state index in [9.17, 15) is 24.3 Å². The molecule has 3 amide bonds. The van der Waals surface area contributed by atoms with Crippen LogP contribution in [0, 0.1) is 5.92 Å². The summed E-state index contributed by atoms with van der Waals surface area (Å²) >= 11 is 0. The first-order valence-corrected chi connectivity index (χ1v) is 17.7. The van der Waals surface area contributed by atoms with Gasteiger partial charge < -0.3 is 30.1 Å². The minimum absolute atomic E-state index is 0.0671.